The second-order valence-corrected chi connectivity index (χ2v) is 5.85. The molecule has 0 saturated carbocycles. The molecule has 19 heavy (non-hydrogen) atoms. The van der Waals surface area contributed by atoms with Crippen LogP contribution < -0.4 is 5.73 Å². The second-order valence-electron chi connectivity index (χ2n) is 4.79. The van der Waals surface area contributed by atoms with Gasteiger partial charge in [0.25, 0.3) is 5.91 Å². The highest BCUT2D eigenvalue weighted by molar-refractivity contribution is 7.22. The lowest BCUT2D eigenvalue weighted by atomic mass is 10.1. The van der Waals surface area contributed by atoms with E-state index in [0.717, 1.165) is 23.2 Å². The summed E-state index contributed by atoms with van der Waals surface area (Å²) in [6.45, 7) is 3.60. The van der Waals surface area contributed by atoms with E-state index in [-0.39, 0.29) is 5.91 Å². The Bertz CT molecular complexity index is 674. The summed E-state index contributed by atoms with van der Waals surface area (Å²) >= 11 is 1.41. The Morgan fingerprint density at radius 2 is 2.32 bits per heavy atom. The molecule has 0 atom stereocenters. The molecule has 2 N–H and O–H groups in total. The minimum Gasteiger partial charge on any atom is -0.375 e. The first-order chi connectivity index (χ1) is 9.13. The molecule has 0 bridgehead atoms. The minimum absolute atomic E-state index is 0.0811. The molecule has 1 amide bonds. The Kier molecular flexibility index (Phi) is 2.98. The maximum atomic E-state index is 12.4. The summed E-state index contributed by atoms with van der Waals surface area (Å²) in [7, 11) is 0. The molecule has 0 radical (unpaired) electrons. The number of carbonyl (C=O) groups is 1. The largest absolute Gasteiger partial charge is 0.375 e. The molecule has 0 aliphatic carbocycles. The highest BCUT2D eigenvalue weighted by Crippen LogP contribution is 2.25. The number of nitrogens with two attached hydrogens (primary N) is 1. The Balaban J connectivity index is 1.89. The van der Waals surface area contributed by atoms with Gasteiger partial charge in [0.1, 0.15) is 0 Å². The number of nitrogens with zero attached hydrogens (tertiary/aromatic N) is 2. The van der Waals surface area contributed by atoms with Gasteiger partial charge in [-0.15, -0.1) is 0 Å². The van der Waals surface area contributed by atoms with Gasteiger partial charge in [-0.1, -0.05) is 23.0 Å². The highest BCUT2D eigenvalue weighted by Gasteiger charge is 2.18. The van der Waals surface area contributed by atoms with Crippen LogP contribution in [0.1, 0.15) is 23.7 Å². The van der Waals surface area contributed by atoms with Crippen molar-refractivity contribution in [3.63, 3.8) is 0 Å². The van der Waals surface area contributed by atoms with E-state index in [4.69, 9.17) is 5.73 Å². The van der Waals surface area contributed by atoms with Gasteiger partial charge >= 0.3 is 0 Å². The van der Waals surface area contributed by atoms with E-state index in [0.29, 0.717) is 17.2 Å². The summed E-state index contributed by atoms with van der Waals surface area (Å²) in [5, 5.41) is 0.538. The molecule has 2 aromatic rings. The number of anilines is 1. The van der Waals surface area contributed by atoms with Crippen molar-refractivity contribution in [2.45, 2.75) is 13.3 Å². The van der Waals surface area contributed by atoms with Gasteiger partial charge in [-0.3, -0.25) is 4.79 Å². The standard InChI is InChI=1S/C14H15N3OS/c1-9-4-6-17(7-5-9)13(18)10-2-3-11-12(8-10)19-14(15)16-11/h2-4,8H,5-7H2,1H3,(H2,15,16). The first kappa shape index (κ1) is 12.2. The molecular formula is C14H15N3OS. The van der Waals surface area contributed by atoms with Crippen molar-refractivity contribution < 1.29 is 4.79 Å². The van der Waals surface area contributed by atoms with E-state index < -0.39 is 0 Å². The SMILES string of the molecule is CC1=CCN(C(=O)c2ccc3nc(N)sc3c2)CC1. The minimum atomic E-state index is 0.0811. The number of rotatable bonds is 1. The summed E-state index contributed by atoms with van der Waals surface area (Å²) in [5.74, 6) is 0.0811. The quantitative estimate of drug-likeness (QED) is 0.813. The number of thiazole rings is 1. The van der Waals surface area contributed by atoms with E-state index in [1.54, 1.807) is 0 Å². The van der Waals surface area contributed by atoms with Crippen molar-refractivity contribution in [1.29, 1.82) is 0 Å². The summed E-state index contributed by atoms with van der Waals surface area (Å²) in [5.41, 5.74) is 8.60. The average Bonchev–Trinajstić information content (AvgIpc) is 2.77. The summed E-state index contributed by atoms with van der Waals surface area (Å²) < 4.78 is 0.965. The van der Waals surface area contributed by atoms with Crippen LogP contribution in [0.3, 0.4) is 0 Å². The molecule has 2 heterocycles. The van der Waals surface area contributed by atoms with Gasteiger partial charge < -0.3 is 10.6 Å². The van der Waals surface area contributed by atoms with Gasteiger partial charge in [-0.25, -0.2) is 4.98 Å². The fourth-order valence-corrected chi connectivity index (χ4v) is 2.99. The van der Waals surface area contributed by atoms with E-state index in [1.807, 2.05) is 23.1 Å². The van der Waals surface area contributed by atoms with E-state index >= 15 is 0 Å². The topological polar surface area (TPSA) is 59.2 Å². The number of nitrogen functional groups attached to an aromatic ring is 1. The third-order valence-electron chi connectivity index (χ3n) is 3.38. The van der Waals surface area contributed by atoms with Gasteiger partial charge in [0, 0.05) is 18.7 Å². The summed E-state index contributed by atoms with van der Waals surface area (Å²) in [4.78, 5) is 18.5. The third kappa shape index (κ3) is 2.33. The van der Waals surface area contributed by atoms with Gasteiger partial charge in [0.05, 0.1) is 10.2 Å². The third-order valence-corrected chi connectivity index (χ3v) is 4.22. The van der Waals surface area contributed by atoms with Crippen molar-refractivity contribution in [1.82, 2.24) is 9.88 Å². The number of fused-ring (bicyclic) bond motifs is 1. The van der Waals surface area contributed by atoms with Crippen molar-refractivity contribution in [3.8, 4) is 0 Å². The van der Waals surface area contributed by atoms with Crippen LogP contribution >= 0.6 is 11.3 Å². The number of hydrogen-bond donors (Lipinski definition) is 1. The maximum absolute atomic E-state index is 12.4. The molecule has 1 aliphatic heterocycles. The Morgan fingerprint density at radius 1 is 1.47 bits per heavy atom. The lowest BCUT2D eigenvalue weighted by Gasteiger charge is -2.25. The Hall–Kier alpha value is -1.88. The van der Waals surface area contributed by atoms with Crippen molar-refractivity contribution >= 4 is 32.6 Å². The normalized spacial score (nSPS) is 15.6. The molecule has 5 heteroatoms. The van der Waals surface area contributed by atoms with Crippen LogP contribution in [-0.4, -0.2) is 28.9 Å². The smallest absolute Gasteiger partial charge is 0.254 e. The molecule has 1 aromatic heterocycles. The number of amides is 1. The first-order valence-electron chi connectivity index (χ1n) is 6.24. The van der Waals surface area contributed by atoms with E-state index in [1.165, 1.54) is 16.9 Å². The molecule has 4 nitrogen and oxygen atoms in total. The molecule has 0 unspecified atom stereocenters. The van der Waals surface area contributed by atoms with Crippen LogP contribution in [-0.2, 0) is 0 Å². The zero-order valence-electron chi connectivity index (χ0n) is 10.7. The monoisotopic (exact) mass is 273 g/mol. The van der Waals surface area contributed by atoms with Crippen molar-refractivity contribution in [3.05, 3.63) is 35.4 Å². The van der Waals surface area contributed by atoms with Gasteiger partial charge in [-0.2, -0.15) is 0 Å². The van der Waals surface area contributed by atoms with Gasteiger partial charge in [-0.05, 0) is 31.5 Å². The van der Waals surface area contributed by atoms with Crippen molar-refractivity contribution in [2.75, 3.05) is 18.8 Å². The fraction of sp³-hybridized carbons (Fsp3) is 0.286. The fourth-order valence-electron chi connectivity index (χ4n) is 2.21. The zero-order valence-corrected chi connectivity index (χ0v) is 11.5. The molecule has 3 rings (SSSR count). The molecule has 0 spiro atoms. The molecule has 1 aromatic carbocycles. The molecule has 0 fully saturated rings. The number of hydrogen-bond acceptors (Lipinski definition) is 4. The van der Waals surface area contributed by atoms with Gasteiger partial charge in [0.15, 0.2) is 5.13 Å². The van der Waals surface area contributed by atoms with E-state index in [2.05, 4.69) is 18.0 Å². The Labute approximate surface area is 115 Å². The molecule has 98 valence electrons. The number of carbonyl (C=O) groups excluding carboxylic acids is 1. The summed E-state index contributed by atoms with van der Waals surface area (Å²) in [6, 6.07) is 5.58. The zero-order chi connectivity index (χ0) is 13.4. The first-order valence-corrected chi connectivity index (χ1v) is 7.06. The maximum Gasteiger partial charge on any atom is 0.254 e. The lowest BCUT2D eigenvalue weighted by Crippen LogP contribution is -2.34. The number of aromatic nitrogens is 1. The second kappa shape index (κ2) is 4.66. The van der Waals surface area contributed by atoms with Crippen molar-refractivity contribution in [2.24, 2.45) is 0 Å². The predicted molar refractivity (Wildman–Crippen MR) is 78.3 cm³/mol. The van der Waals surface area contributed by atoms with Crippen LogP contribution in [0.25, 0.3) is 10.2 Å². The Morgan fingerprint density at radius 3 is 3.05 bits per heavy atom. The molecule has 1 aliphatic rings. The lowest BCUT2D eigenvalue weighted by molar-refractivity contribution is 0.0769. The van der Waals surface area contributed by atoms with Crippen LogP contribution in [0.2, 0.25) is 0 Å². The van der Waals surface area contributed by atoms with E-state index in [9.17, 15) is 4.79 Å². The number of benzene rings is 1. The summed E-state index contributed by atoms with van der Waals surface area (Å²) in [6.07, 6.45) is 3.08. The average molecular weight is 273 g/mol. The molecular weight excluding hydrogens is 258 g/mol. The van der Waals surface area contributed by atoms with Crippen LogP contribution in [0.4, 0.5) is 5.13 Å². The van der Waals surface area contributed by atoms with Crippen LogP contribution in [0, 0.1) is 0 Å². The molecule has 0 saturated heterocycles. The van der Waals surface area contributed by atoms with Crippen LogP contribution in [0.15, 0.2) is 29.8 Å². The predicted octanol–water partition coefficient (Wildman–Crippen LogP) is 2.67. The highest BCUT2D eigenvalue weighted by atomic mass is 32.1. The van der Waals surface area contributed by atoms with Crippen LogP contribution in [0.5, 0.6) is 0 Å². The van der Waals surface area contributed by atoms with Gasteiger partial charge in [0.2, 0.25) is 0 Å².